The number of carbonyl (C=O) groups is 1. The number of nitrogens with zero attached hydrogens (tertiary/aromatic N) is 2. The van der Waals surface area contributed by atoms with E-state index in [2.05, 4.69) is 25.1 Å². The van der Waals surface area contributed by atoms with Gasteiger partial charge >= 0.3 is 0 Å². The molecular weight excluding hydrogens is 288 g/mol. The van der Waals surface area contributed by atoms with Gasteiger partial charge in [0.25, 0.3) is 0 Å². The van der Waals surface area contributed by atoms with Crippen LogP contribution in [0, 0.1) is 23.7 Å². The van der Waals surface area contributed by atoms with Gasteiger partial charge in [-0.1, -0.05) is 30.5 Å². The Bertz CT molecular complexity index is 700. The highest BCUT2D eigenvalue weighted by molar-refractivity contribution is 5.86. The van der Waals surface area contributed by atoms with Crippen LogP contribution in [0.4, 0.5) is 0 Å². The summed E-state index contributed by atoms with van der Waals surface area (Å²) in [7, 11) is 0. The van der Waals surface area contributed by atoms with E-state index in [0.29, 0.717) is 13.2 Å². The predicted octanol–water partition coefficient (Wildman–Crippen LogP) is 2.94. The minimum absolute atomic E-state index is 0.0514. The Morgan fingerprint density at radius 3 is 2.83 bits per heavy atom. The van der Waals surface area contributed by atoms with Crippen LogP contribution in [0.25, 0.3) is 0 Å². The molecule has 1 aliphatic carbocycles. The van der Waals surface area contributed by atoms with Gasteiger partial charge in [-0.05, 0) is 32.3 Å². The number of fused-ring (bicyclic) bond motifs is 2. The summed E-state index contributed by atoms with van der Waals surface area (Å²) in [5, 5.41) is 9.58. The fourth-order valence-corrected chi connectivity index (χ4v) is 4.52. The van der Waals surface area contributed by atoms with E-state index in [1.54, 1.807) is 0 Å². The van der Waals surface area contributed by atoms with Crippen LogP contribution in [0.3, 0.4) is 0 Å². The molecule has 23 heavy (non-hydrogen) atoms. The first-order valence-corrected chi connectivity index (χ1v) is 8.53. The van der Waals surface area contributed by atoms with Crippen LogP contribution in [0.1, 0.15) is 43.2 Å². The molecule has 2 aliphatic heterocycles. The second kappa shape index (κ2) is 4.99. The maximum absolute atomic E-state index is 13.0. The monoisotopic (exact) mass is 310 g/mol. The zero-order valence-electron chi connectivity index (χ0n) is 13.6. The molecule has 4 rings (SSSR count). The van der Waals surface area contributed by atoms with E-state index in [1.165, 1.54) is 11.1 Å². The Labute approximate surface area is 137 Å². The van der Waals surface area contributed by atoms with Crippen LogP contribution in [-0.4, -0.2) is 30.5 Å². The molecule has 2 fully saturated rings. The molecule has 2 heterocycles. The van der Waals surface area contributed by atoms with E-state index in [-0.39, 0.29) is 11.3 Å². The molecule has 1 spiro atoms. The van der Waals surface area contributed by atoms with Crippen molar-refractivity contribution in [3.05, 3.63) is 29.3 Å². The first-order valence-electron chi connectivity index (χ1n) is 8.53. The molecule has 1 saturated heterocycles. The van der Waals surface area contributed by atoms with E-state index < -0.39 is 5.41 Å². The van der Waals surface area contributed by atoms with Gasteiger partial charge in [0.2, 0.25) is 5.91 Å². The molecule has 1 amide bonds. The average molecular weight is 310 g/mol. The zero-order valence-corrected chi connectivity index (χ0v) is 13.6. The lowest BCUT2D eigenvalue weighted by molar-refractivity contribution is -0.137. The third-order valence-electron chi connectivity index (χ3n) is 5.93. The number of benzene rings is 1. The molecule has 4 nitrogen and oxygen atoms in total. The minimum Gasteiger partial charge on any atom is -0.492 e. The molecular formula is C19H22N2O2. The van der Waals surface area contributed by atoms with Gasteiger partial charge in [0.15, 0.2) is 0 Å². The van der Waals surface area contributed by atoms with Crippen LogP contribution in [-0.2, 0) is 10.2 Å². The largest absolute Gasteiger partial charge is 0.492 e. The fraction of sp³-hybridized carbons (Fsp3) is 0.579. The summed E-state index contributed by atoms with van der Waals surface area (Å²) >= 11 is 0. The first-order chi connectivity index (χ1) is 11.1. The van der Waals surface area contributed by atoms with Crippen molar-refractivity contribution >= 4 is 5.91 Å². The lowest BCUT2D eigenvalue weighted by Gasteiger charge is -2.28. The van der Waals surface area contributed by atoms with Crippen molar-refractivity contribution in [2.45, 2.75) is 44.4 Å². The highest BCUT2D eigenvalue weighted by atomic mass is 16.5. The molecule has 0 bridgehead atoms. The molecule has 1 aromatic rings. The number of likely N-dealkylation sites (tertiary alicyclic amines) is 1. The molecule has 3 aliphatic rings. The van der Waals surface area contributed by atoms with Crippen LogP contribution in [0.2, 0.25) is 0 Å². The van der Waals surface area contributed by atoms with Crippen molar-refractivity contribution < 1.29 is 9.53 Å². The van der Waals surface area contributed by atoms with Gasteiger partial charge in [-0.2, -0.15) is 5.26 Å². The molecule has 0 N–H and O–H groups in total. The molecule has 120 valence electrons. The number of nitriles is 1. The number of ether oxygens (including phenoxy) is 1. The maximum atomic E-state index is 13.0. The lowest BCUT2D eigenvalue weighted by atomic mass is 9.81. The third-order valence-corrected chi connectivity index (χ3v) is 5.93. The van der Waals surface area contributed by atoms with Gasteiger partial charge in [0, 0.05) is 18.7 Å². The number of hydrogen-bond donors (Lipinski definition) is 0. The maximum Gasteiger partial charge on any atom is 0.243 e. The topological polar surface area (TPSA) is 53.3 Å². The van der Waals surface area contributed by atoms with Crippen LogP contribution < -0.4 is 4.74 Å². The number of hydrogen-bond acceptors (Lipinski definition) is 3. The number of carbonyl (C=O) groups excluding carboxylic acids is 1. The van der Waals surface area contributed by atoms with Gasteiger partial charge in [0.05, 0.1) is 18.1 Å². The highest BCUT2D eigenvalue weighted by Gasteiger charge is 2.51. The van der Waals surface area contributed by atoms with Gasteiger partial charge < -0.3 is 9.64 Å². The zero-order chi connectivity index (χ0) is 16.1. The smallest absolute Gasteiger partial charge is 0.243 e. The number of aryl methyl sites for hydroxylation is 1. The van der Waals surface area contributed by atoms with E-state index in [0.717, 1.165) is 44.4 Å². The quantitative estimate of drug-likeness (QED) is 0.801. The summed E-state index contributed by atoms with van der Waals surface area (Å²) in [6.45, 7) is 4.16. The lowest BCUT2D eigenvalue weighted by Crippen LogP contribution is -2.43. The van der Waals surface area contributed by atoms with Gasteiger partial charge in [0.1, 0.15) is 11.2 Å². The number of rotatable bonds is 1. The molecule has 0 aromatic heterocycles. The van der Waals surface area contributed by atoms with E-state index >= 15 is 0 Å². The number of amides is 1. The van der Waals surface area contributed by atoms with E-state index in [9.17, 15) is 10.1 Å². The van der Waals surface area contributed by atoms with Gasteiger partial charge in [-0.25, -0.2) is 0 Å². The molecule has 0 radical (unpaired) electrons. The molecule has 1 saturated carbocycles. The fourth-order valence-electron chi connectivity index (χ4n) is 4.52. The Hall–Kier alpha value is -2.02. The Kier molecular flexibility index (Phi) is 3.16. The van der Waals surface area contributed by atoms with Crippen molar-refractivity contribution in [1.29, 1.82) is 5.26 Å². The summed E-state index contributed by atoms with van der Waals surface area (Å²) in [4.78, 5) is 14.9. The van der Waals surface area contributed by atoms with Crippen LogP contribution in [0.15, 0.2) is 18.2 Å². The normalized spacial score (nSPS) is 27.7. The predicted molar refractivity (Wildman–Crippen MR) is 86.1 cm³/mol. The summed E-state index contributed by atoms with van der Waals surface area (Å²) in [6, 6.07) is 8.65. The molecule has 1 atom stereocenters. The van der Waals surface area contributed by atoms with Crippen molar-refractivity contribution in [2.75, 3.05) is 19.7 Å². The van der Waals surface area contributed by atoms with Crippen molar-refractivity contribution in [3.8, 4) is 11.8 Å². The van der Waals surface area contributed by atoms with Gasteiger partial charge in [-0.3, -0.25) is 4.79 Å². The highest BCUT2D eigenvalue weighted by Crippen LogP contribution is 2.47. The second-order valence-corrected chi connectivity index (χ2v) is 7.45. The van der Waals surface area contributed by atoms with Crippen molar-refractivity contribution in [3.63, 3.8) is 0 Å². The van der Waals surface area contributed by atoms with Crippen molar-refractivity contribution in [2.24, 2.45) is 5.41 Å². The average Bonchev–Trinajstić information content (AvgIpc) is 3.28. The molecule has 1 unspecified atom stereocenters. The van der Waals surface area contributed by atoms with E-state index in [1.807, 2.05) is 11.0 Å². The second-order valence-electron chi connectivity index (χ2n) is 7.45. The summed E-state index contributed by atoms with van der Waals surface area (Å²) in [6.07, 6.45) is 4.35. The molecule has 1 aromatic carbocycles. The van der Waals surface area contributed by atoms with Crippen LogP contribution in [0.5, 0.6) is 5.75 Å². The van der Waals surface area contributed by atoms with Crippen molar-refractivity contribution in [1.82, 2.24) is 4.90 Å². The Balaban J connectivity index is 1.60. The molecule has 4 heteroatoms. The minimum atomic E-state index is -0.763. The summed E-state index contributed by atoms with van der Waals surface area (Å²) in [5.74, 6) is 1.01. The summed E-state index contributed by atoms with van der Waals surface area (Å²) < 4.78 is 5.89. The Morgan fingerprint density at radius 2 is 2.09 bits per heavy atom. The Morgan fingerprint density at radius 1 is 1.30 bits per heavy atom. The van der Waals surface area contributed by atoms with Crippen LogP contribution >= 0.6 is 0 Å². The summed E-state index contributed by atoms with van der Waals surface area (Å²) in [5.41, 5.74) is 1.63. The van der Waals surface area contributed by atoms with E-state index in [4.69, 9.17) is 4.74 Å². The first kappa shape index (κ1) is 14.6. The standard InChI is InChI=1S/C19H22N2O2/c1-14-4-5-16-15(10-14)19(13-23-16)8-9-21(12-19)17(22)18(11-20)6-2-3-7-18/h4-5,10H,2-3,6-9,12-13H2,1H3. The van der Waals surface area contributed by atoms with Gasteiger partial charge in [-0.15, -0.1) is 0 Å². The third kappa shape index (κ3) is 2.06. The SMILES string of the molecule is Cc1ccc2c(c1)C1(CCN(C(=O)C3(C#N)CCCC3)C1)CO2.